The number of carbonyl (C=O) groups is 2. The fourth-order valence-electron chi connectivity index (χ4n) is 0.0781. The van der Waals surface area contributed by atoms with Crippen LogP contribution in [0.15, 0.2) is 0 Å². The molecule has 0 saturated carbocycles. The lowest BCUT2D eigenvalue weighted by Gasteiger charge is -1.96. The number of aliphatic carboxylic acids is 2. The molecule has 0 saturated heterocycles. The van der Waals surface area contributed by atoms with Gasteiger partial charge in [0, 0.05) is 0 Å². The second kappa shape index (κ2) is 7.92. The molecule has 0 aliphatic carbocycles. The van der Waals surface area contributed by atoms with Crippen LogP contribution in [-0.4, -0.2) is 46.5 Å². The number of aliphatic hydroxyl groups is 1. The number of nitrogens with two attached hydrogens (primary N) is 2. The average molecular weight is 180 g/mol. The summed E-state index contributed by atoms with van der Waals surface area (Å²) in [5, 5.41) is 23.5. The van der Waals surface area contributed by atoms with Crippen LogP contribution in [0.1, 0.15) is 0 Å². The van der Waals surface area contributed by atoms with Gasteiger partial charge in [0.25, 0.3) is 0 Å². The number of aliphatic hydroxyl groups excluding tert-OH is 1. The van der Waals surface area contributed by atoms with Crippen LogP contribution in [0, 0.1) is 0 Å². The molecule has 12 heavy (non-hydrogen) atoms. The summed E-state index contributed by atoms with van der Waals surface area (Å²) in [6.07, 6.45) is 0. The van der Waals surface area contributed by atoms with E-state index in [1.54, 1.807) is 0 Å². The average Bonchev–Trinajstić information content (AvgIpc) is 2.04. The lowest BCUT2D eigenvalue weighted by molar-refractivity contribution is -0.139. The minimum absolute atomic E-state index is 0.278. The Hall–Kier alpha value is -1.18. The molecule has 1 atom stereocenters. The highest BCUT2D eigenvalue weighted by Crippen LogP contribution is 1.71. The summed E-state index contributed by atoms with van der Waals surface area (Å²) in [5.41, 5.74) is 9.34. The molecule has 0 fully saturated rings. The molecular formula is C5H12N2O5. The van der Waals surface area contributed by atoms with E-state index < -0.39 is 24.6 Å². The van der Waals surface area contributed by atoms with Gasteiger partial charge in [0.2, 0.25) is 0 Å². The summed E-state index contributed by atoms with van der Waals surface area (Å²) in [6.45, 7) is -0.782. The van der Waals surface area contributed by atoms with Gasteiger partial charge in [-0.2, -0.15) is 0 Å². The molecular weight excluding hydrogens is 168 g/mol. The third kappa shape index (κ3) is 11.6. The molecule has 0 aromatic rings. The molecule has 7 heteroatoms. The molecule has 0 bridgehead atoms. The largest absolute Gasteiger partial charge is 0.480 e. The highest BCUT2D eigenvalue weighted by atomic mass is 16.4. The topological polar surface area (TPSA) is 147 Å². The Morgan fingerprint density at radius 3 is 1.67 bits per heavy atom. The van der Waals surface area contributed by atoms with Gasteiger partial charge in [0.15, 0.2) is 0 Å². The number of rotatable bonds is 3. The van der Waals surface area contributed by atoms with E-state index in [0.29, 0.717) is 0 Å². The Morgan fingerprint density at radius 2 is 1.67 bits per heavy atom. The lowest BCUT2D eigenvalue weighted by atomic mass is 10.3. The predicted octanol–water partition coefficient (Wildman–Crippen LogP) is -2.58. The molecule has 7 N–H and O–H groups in total. The Bertz CT molecular complexity index is 149. The van der Waals surface area contributed by atoms with Gasteiger partial charge in [-0.25, -0.2) is 0 Å². The first kappa shape index (κ1) is 13.4. The van der Waals surface area contributed by atoms with Crippen LogP contribution in [0.25, 0.3) is 0 Å². The molecule has 0 amide bonds. The van der Waals surface area contributed by atoms with E-state index in [9.17, 15) is 9.59 Å². The molecule has 7 nitrogen and oxygen atoms in total. The van der Waals surface area contributed by atoms with Crippen molar-refractivity contribution in [2.24, 2.45) is 11.5 Å². The van der Waals surface area contributed by atoms with E-state index in [2.05, 4.69) is 5.73 Å². The quantitative estimate of drug-likeness (QED) is 0.320. The smallest absolute Gasteiger partial charge is 0.322 e. The van der Waals surface area contributed by atoms with E-state index in [0.717, 1.165) is 0 Å². The zero-order chi connectivity index (χ0) is 10.1. The van der Waals surface area contributed by atoms with Crippen molar-refractivity contribution in [3.05, 3.63) is 0 Å². The standard InChI is InChI=1S/C3H7NO3.C2H5NO2/c4-2(1-5)3(6)7;3-1-2(4)5/h2,5H,1,4H2,(H,6,7);1,3H2,(H,4,5)/t2-;/m1./s1. The van der Waals surface area contributed by atoms with E-state index >= 15 is 0 Å². The molecule has 0 spiro atoms. The number of hydrogen-bond acceptors (Lipinski definition) is 5. The van der Waals surface area contributed by atoms with E-state index in [4.69, 9.17) is 21.1 Å². The molecule has 72 valence electrons. The lowest BCUT2D eigenvalue weighted by Crippen LogP contribution is -2.33. The fourth-order valence-corrected chi connectivity index (χ4v) is 0.0781. The maximum Gasteiger partial charge on any atom is 0.322 e. The SMILES string of the molecule is NCC(=O)O.N[C@H](CO)C(=O)O. The van der Waals surface area contributed by atoms with Gasteiger partial charge in [-0.05, 0) is 0 Å². The van der Waals surface area contributed by atoms with Crippen molar-refractivity contribution < 1.29 is 24.9 Å². The summed E-state index contributed by atoms with van der Waals surface area (Å²) in [5.74, 6) is -2.15. The predicted molar refractivity (Wildman–Crippen MR) is 39.4 cm³/mol. The molecule has 0 unspecified atom stereocenters. The Morgan fingerprint density at radius 1 is 1.33 bits per heavy atom. The summed E-state index contributed by atoms with van der Waals surface area (Å²) in [4.78, 5) is 18.9. The minimum Gasteiger partial charge on any atom is -0.480 e. The Labute approximate surface area is 68.6 Å². The van der Waals surface area contributed by atoms with Crippen molar-refractivity contribution in [2.45, 2.75) is 6.04 Å². The molecule has 0 radical (unpaired) electrons. The van der Waals surface area contributed by atoms with Crippen molar-refractivity contribution in [1.29, 1.82) is 0 Å². The van der Waals surface area contributed by atoms with Crippen LogP contribution in [0.2, 0.25) is 0 Å². The maximum atomic E-state index is 9.65. The first-order valence-corrected chi connectivity index (χ1v) is 2.96. The summed E-state index contributed by atoms with van der Waals surface area (Å²) >= 11 is 0. The second-order valence-electron chi connectivity index (χ2n) is 1.73. The number of carboxylic acid groups (broad SMARTS) is 2. The highest BCUT2D eigenvalue weighted by Gasteiger charge is 2.06. The summed E-state index contributed by atoms with van der Waals surface area (Å²) in [7, 11) is 0. The Kier molecular flexibility index (Phi) is 8.85. The van der Waals surface area contributed by atoms with Crippen LogP contribution < -0.4 is 11.5 Å². The van der Waals surface area contributed by atoms with Gasteiger partial charge in [0.05, 0.1) is 13.2 Å². The highest BCUT2D eigenvalue weighted by molar-refractivity contribution is 5.73. The van der Waals surface area contributed by atoms with Gasteiger partial charge in [-0.1, -0.05) is 0 Å². The third-order valence-electron chi connectivity index (χ3n) is 0.689. The van der Waals surface area contributed by atoms with E-state index in [1.165, 1.54) is 0 Å². The van der Waals surface area contributed by atoms with Crippen LogP contribution >= 0.6 is 0 Å². The second-order valence-corrected chi connectivity index (χ2v) is 1.73. The van der Waals surface area contributed by atoms with Crippen molar-refractivity contribution in [1.82, 2.24) is 0 Å². The fraction of sp³-hybridized carbons (Fsp3) is 0.600. The van der Waals surface area contributed by atoms with Crippen LogP contribution in [0.4, 0.5) is 0 Å². The van der Waals surface area contributed by atoms with E-state index in [1.807, 2.05) is 0 Å². The molecule has 0 aliphatic rings. The van der Waals surface area contributed by atoms with Gasteiger partial charge in [-0.15, -0.1) is 0 Å². The summed E-state index contributed by atoms with van der Waals surface area (Å²) < 4.78 is 0. The molecule has 0 heterocycles. The minimum atomic E-state index is -1.18. The maximum absolute atomic E-state index is 9.65. The van der Waals surface area contributed by atoms with Gasteiger partial charge in [0.1, 0.15) is 6.04 Å². The van der Waals surface area contributed by atoms with Crippen molar-refractivity contribution in [3.8, 4) is 0 Å². The molecule has 0 rings (SSSR count). The van der Waals surface area contributed by atoms with Crippen molar-refractivity contribution in [2.75, 3.05) is 13.2 Å². The molecule has 0 aromatic carbocycles. The van der Waals surface area contributed by atoms with Gasteiger partial charge in [-0.3, -0.25) is 9.59 Å². The first-order valence-electron chi connectivity index (χ1n) is 2.96. The summed E-state index contributed by atoms with van der Waals surface area (Å²) in [6, 6.07) is -1.13. The monoisotopic (exact) mass is 180 g/mol. The molecule has 0 aromatic heterocycles. The number of carboxylic acids is 2. The van der Waals surface area contributed by atoms with Crippen LogP contribution in [0.3, 0.4) is 0 Å². The van der Waals surface area contributed by atoms with Crippen LogP contribution in [-0.2, 0) is 9.59 Å². The van der Waals surface area contributed by atoms with Crippen molar-refractivity contribution in [3.63, 3.8) is 0 Å². The van der Waals surface area contributed by atoms with E-state index in [-0.39, 0.29) is 6.54 Å². The zero-order valence-corrected chi connectivity index (χ0v) is 6.30. The molecule has 0 aliphatic heterocycles. The van der Waals surface area contributed by atoms with Crippen molar-refractivity contribution >= 4 is 11.9 Å². The third-order valence-corrected chi connectivity index (χ3v) is 0.689. The number of hydrogen-bond donors (Lipinski definition) is 5. The Balaban J connectivity index is 0. The normalized spacial score (nSPS) is 10.9. The van der Waals surface area contributed by atoms with Gasteiger partial charge < -0.3 is 26.8 Å². The first-order chi connectivity index (χ1) is 5.45. The van der Waals surface area contributed by atoms with Crippen LogP contribution in [0.5, 0.6) is 0 Å². The zero-order valence-electron chi connectivity index (χ0n) is 6.30. The van der Waals surface area contributed by atoms with Gasteiger partial charge >= 0.3 is 11.9 Å².